The largest absolute Gasteiger partial charge is 0.471 e. The van der Waals surface area contributed by atoms with Crippen molar-refractivity contribution in [3.8, 4) is 11.7 Å². The van der Waals surface area contributed by atoms with Crippen molar-refractivity contribution in [2.45, 2.75) is 33.8 Å². The van der Waals surface area contributed by atoms with Crippen LogP contribution in [0.2, 0.25) is 10.0 Å². The van der Waals surface area contributed by atoms with Gasteiger partial charge in [0, 0.05) is 34.6 Å². The number of nitrogens with zero attached hydrogens (tertiary/aromatic N) is 3. The zero-order valence-electron chi connectivity index (χ0n) is 20.8. The van der Waals surface area contributed by atoms with Crippen LogP contribution in [0.1, 0.15) is 47.2 Å². The van der Waals surface area contributed by atoms with Gasteiger partial charge in [-0.3, -0.25) is 13.8 Å². The quantitative estimate of drug-likeness (QED) is 0.439. The van der Waals surface area contributed by atoms with E-state index in [0.717, 1.165) is 0 Å². The molecule has 12 heteroatoms. The second-order valence-corrected chi connectivity index (χ2v) is 12.3. The SMILES string of the molecule is Cc1cc(Cl)cc(C(=O)NCC(C)(C)C)c1NC(=O)c1cc(OC2CS(=O)C2)nn1-c1ncccc1Cl. The first kappa shape index (κ1) is 27.1. The van der Waals surface area contributed by atoms with E-state index in [1.165, 1.54) is 23.0 Å². The predicted octanol–water partition coefficient (Wildman–Crippen LogP) is 4.42. The number of aryl methyl sites for hydroxylation is 1. The van der Waals surface area contributed by atoms with Gasteiger partial charge in [-0.2, -0.15) is 0 Å². The second kappa shape index (κ2) is 10.8. The van der Waals surface area contributed by atoms with Crippen molar-refractivity contribution < 1.29 is 18.5 Å². The molecule has 0 atom stereocenters. The summed E-state index contributed by atoms with van der Waals surface area (Å²) < 4.78 is 18.6. The molecule has 1 fully saturated rings. The number of hydrogen-bond acceptors (Lipinski definition) is 6. The summed E-state index contributed by atoms with van der Waals surface area (Å²) in [7, 11) is -0.910. The van der Waals surface area contributed by atoms with Crippen LogP contribution in [-0.2, 0) is 10.8 Å². The van der Waals surface area contributed by atoms with Gasteiger partial charge in [-0.1, -0.05) is 44.0 Å². The zero-order chi connectivity index (χ0) is 26.9. The number of anilines is 1. The van der Waals surface area contributed by atoms with Crippen LogP contribution in [0.3, 0.4) is 0 Å². The maximum Gasteiger partial charge on any atom is 0.274 e. The molecule has 0 spiro atoms. The maximum atomic E-state index is 13.6. The standard InChI is InChI=1S/C25H27Cl2N5O4S/c1-14-8-15(26)9-17(23(33)29-13-25(2,3)4)21(14)30-24(34)19-10-20(36-16-11-37(35)12-16)31-32(19)22-18(27)6-5-7-28-22/h5-10,16H,11-13H2,1-4H3,(H,29,33)(H,30,34). The van der Waals surface area contributed by atoms with Crippen LogP contribution in [0.5, 0.6) is 5.88 Å². The van der Waals surface area contributed by atoms with Crippen molar-refractivity contribution in [1.82, 2.24) is 20.1 Å². The van der Waals surface area contributed by atoms with Crippen molar-refractivity contribution in [3.63, 3.8) is 0 Å². The number of hydrogen-bond donors (Lipinski definition) is 2. The predicted molar refractivity (Wildman–Crippen MR) is 145 cm³/mol. The minimum absolute atomic E-state index is 0.0893. The van der Waals surface area contributed by atoms with Gasteiger partial charge in [0.15, 0.2) is 5.82 Å². The number of nitrogens with one attached hydrogen (secondary N) is 2. The number of amides is 2. The molecule has 2 amide bonds. The molecule has 2 N–H and O–H groups in total. The van der Waals surface area contributed by atoms with E-state index in [1.807, 2.05) is 20.8 Å². The van der Waals surface area contributed by atoms with E-state index in [4.69, 9.17) is 27.9 Å². The van der Waals surface area contributed by atoms with Gasteiger partial charge in [-0.05, 0) is 42.2 Å². The molecule has 0 saturated carbocycles. The Kier molecular flexibility index (Phi) is 7.91. The molecule has 0 bridgehead atoms. The number of aromatic nitrogens is 3. The Bertz CT molecular complexity index is 1380. The van der Waals surface area contributed by atoms with Gasteiger partial charge in [0.25, 0.3) is 11.8 Å². The van der Waals surface area contributed by atoms with E-state index in [-0.39, 0.29) is 45.4 Å². The summed E-state index contributed by atoms with van der Waals surface area (Å²) in [5.74, 6) is 0.281. The summed E-state index contributed by atoms with van der Waals surface area (Å²) in [6.45, 7) is 8.20. The van der Waals surface area contributed by atoms with Crippen LogP contribution in [0.25, 0.3) is 5.82 Å². The van der Waals surface area contributed by atoms with Crippen LogP contribution in [0, 0.1) is 12.3 Å². The Morgan fingerprint density at radius 1 is 1.19 bits per heavy atom. The van der Waals surface area contributed by atoms with Gasteiger partial charge in [0.05, 0.1) is 27.8 Å². The highest BCUT2D eigenvalue weighted by molar-refractivity contribution is 7.86. The normalized spacial score (nSPS) is 17.1. The minimum atomic E-state index is -0.910. The summed E-state index contributed by atoms with van der Waals surface area (Å²) in [5, 5.41) is 10.8. The van der Waals surface area contributed by atoms with E-state index in [1.54, 1.807) is 25.1 Å². The first-order chi connectivity index (χ1) is 17.4. The first-order valence-electron chi connectivity index (χ1n) is 11.5. The van der Waals surface area contributed by atoms with Crippen molar-refractivity contribution in [3.05, 3.63) is 63.4 Å². The number of halogens is 2. The van der Waals surface area contributed by atoms with E-state index in [0.29, 0.717) is 34.3 Å². The lowest BCUT2D eigenvalue weighted by Crippen LogP contribution is -2.41. The molecule has 37 heavy (non-hydrogen) atoms. The summed E-state index contributed by atoms with van der Waals surface area (Å²) >= 11 is 12.6. The minimum Gasteiger partial charge on any atom is -0.471 e. The Balaban J connectivity index is 1.68. The Morgan fingerprint density at radius 2 is 1.92 bits per heavy atom. The second-order valence-electron chi connectivity index (χ2n) is 9.94. The molecule has 4 rings (SSSR count). The average Bonchev–Trinajstić information content (AvgIpc) is 3.21. The summed E-state index contributed by atoms with van der Waals surface area (Å²) in [5.41, 5.74) is 1.11. The van der Waals surface area contributed by atoms with E-state index in [9.17, 15) is 13.8 Å². The van der Waals surface area contributed by atoms with Gasteiger partial charge in [-0.15, -0.1) is 5.10 Å². The number of carbonyl (C=O) groups excluding carboxylic acids is 2. The molecule has 1 aliphatic heterocycles. The smallest absolute Gasteiger partial charge is 0.274 e. The fraction of sp³-hybridized carbons (Fsp3) is 0.360. The van der Waals surface area contributed by atoms with Crippen LogP contribution in [0.15, 0.2) is 36.5 Å². The Morgan fingerprint density at radius 3 is 2.57 bits per heavy atom. The van der Waals surface area contributed by atoms with Gasteiger partial charge >= 0.3 is 0 Å². The molecule has 2 aromatic heterocycles. The molecule has 9 nitrogen and oxygen atoms in total. The Labute approximate surface area is 227 Å². The topological polar surface area (TPSA) is 115 Å². The molecule has 3 heterocycles. The average molecular weight is 564 g/mol. The van der Waals surface area contributed by atoms with E-state index >= 15 is 0 Å². The molecule has 0 aliphatic carbocycles. The van der Waals surface area contributed by atoms with Gasteiger partial charge in [-0.25, -0.2) is 9.67 Å². The first-order valence-corrected chi connectivity index (χ1v) is 13.8. The van der Waals surface area contributed by atoms with Gasteiger partial charge in [0.1, 0.15) is 11.8 Å². The summed E-state index contributed by atoms with van der Waals surface area (Å²) in [6.07, 6.45) is 1.28. The molecule has 196 valence electrons. The van der Waals surface area contributed by atoms with Crippen LogP contribution in [0.4, 0.5) is 5.69 Å². The number of benzene rings is 1. The lowest BCUT2D eigenvalue weighted by atomic mass is 9.96. The fourth-order valence-electron chi connectivity index (χ4n) is 3.58. The molecular formula is C25H27Cl2N5O4S. The van der Waals surface area contributed by atoms with Crippen LogP contribution >= 0.6 is 23.2 Å². The third-order valence-corrected chi connectivity index (χ3v) is 7.45. The highest BCUT2D eigenvalue weighted by Crippen LogP contribution is 2.29. The molecule has 3 aromatic rings. The number of pyridine rings is 1. The van der Waals surface area contributed by atoms with Crippen molar-refractivity contribution in [2.24, 2.45) is 5.41 Å². The summed E-state index contributed by atoms with van der Waals surface area (Å²) in [4.78, 5) is 30.9. The van der Waals surface area contributed by atoms with E-state index < -0.39 is 16.7 Å². The van der Waals surface area contributed by atoms with Crippen LogP contribution in [-0.4, -0.2) is 54.9 Å². The zero-order valence-corrected chi connectivity index (χ0v) is 23.1. The highest BCUT2D eigenvalue weighted by atomic mass is 35.5. The Hall–Kier alpha value is -2.95. The number of ether oxygens (including phenoxy) is 1. The maximum absolute atomic E-state index is 13.6. The lowest BCUT2D eigenvalue weighted by Gasteiger charge is -2.24. The molecule has 0 unspecified atom stereocenters. The molecule has 0 radical (unpaired) electrons. The van der Waals surface area contributed by atoms with Crippen LogP contribution < -0.4 is 15.4 Å². The van der Waals surface area contributed by atoms with E-state index in [2.05, 4.69) is 20.7 Å². The summed E-state index contributed by atoms with van der Waals surface area (Å²) in [6, 6.07) is 7.93. The molecular weight excluding hydrogens is 537 g/mol. The van der Waals surface area contributed by atoms with Gasteiger partial charge in [0.2, 0.25) is 5.88 Å². The fourth-order valence-corrected chi connectivity index (χ4v) is 4.93. The monoisotopic (exact) mass is 563 g/mol. The lowest BCUT2D eigenvalue weighted by molar-refractivity contribution is 0.0940. The van der Waals surface area contributed by atoms with Crippen molar-refractivity contribution in [1.29, 1.82) is 0 Å². The molecule has 1 saturated heterocycles. The molecule has 1 aromatic carbocycles. The van der Waals surface area contributed by atoms with Crippen molar-refractivity contribution >= 4 is 51.5 Å². The molecule has 1 aliphatic rings. The highest BCUT2D eigenvalue weighted by Gasteiger charge is 2.30. The third kappa shape index (κ3) is 6.49. The van der Waals surface area contributed by atoms with Crippen molar-refractivity contribution in [2.75, 3.05) is 23.4 Å². The van der Waals surface area contributed by atoms with Gasteiger partial charge < -0.3 is 15.4 Å². The number of carbonyl (C=O) groups is 2. The number of rotatable bonds is 7. The third-order valence-electron chi connectivity index (χ3n) is 5.45.